The van der Waals surface area contributed by atoms with Gasteiger partial charge in [0.25, 0.3) is 23.6 Å². The first-order valence-corrected chi connectivity index (χ1v) is 34.4. The van der Waals surface area contributed by atoms with Gasteiger partial charge in [0.05, 0.1) is 95.1 Å². The van der Waals surface area contributed by atoms with Crippen LogP contribution in [0, 0.1) is 68.7 Å². The molecule has 3 atom stereocenters. The largest absolute Gasteiger partial charge is 0.355 e. The van der Waals surface area contributed by atoms with Crippen LogP contribution in [0.5, 0.6) is 0 Å². The summed E-state index contributed by atoms with van der Waals surface area (Å²) in [5, 5.41) is 14.2. The topological polar surface area (TPSA) is 336 Å². The van der Waals surface area contributed by atoms with Gasteiger partial charge in [0.2, 0.25) is 0 Å². The van der Waals surface area contributed by atoms with Gasteiger partial charge < -0.3 is 64.6 Å². The molecule has 0 unspecified atom stereocenters. The summed E-state index contributed by atoms with van der Waals surface area (Å²) in [7, 11) is 0. The molecule has 34 heteroatoms. The molecule has 105 heavy (non-hydrogen) atoms. The Balaban J connectivity index is 0.000000132. The number of aryl methyl sites for hydroxylation is 4. The molecule has 3 aliphatic heterocycles. The van der Waals surface area contributed by atoms with Crippen LogP contribution in [0.2, 0.25) is 5.15 Å². The number of pyridine rings is 4. The van der Waals surface area contributed by atoms with E-state index in [4.69, 9.17) is 17.3 Å². The quantitative estimate of drug-likeness (QED) is 0.0365. The normalized spacial score (nSPS) is 15.5. The van der Waals surface area contributed by atoms with E-state index in [0.717, 1.165) is 102 Å². The maximum atomic E-state index is 14.2. The molecule has 0 spiro atoms. The Morgan fingerprint density at radius 1 is 0.438 bits per heavy atom. The number of nitrogens with one attached hydrogen (secondary N) is 5. The summed E-state index contributed by atoms with van der Waals surface area (Å²) in [6.45, 7) is 19.7. The fourth-order valence-corrected chi connectivity index (χ4v) is 12.4. The Bertz CT molecular complexity index is 4940. The van der Waals surface area contributed by atoms with E-state index in [1.165, 1.54) is 64.1 Å². The summed E-state index contributed by atoms with van der Waals surface area (Å²) in [6.07, 6.45) is 30.4. The molecule has 0 bridgehead atoms. The van der Waals surface area contributed by atoms with E-state index in [2.05, 4.69) is 115 Å². The predicted molar refractivity (Wildman–Crippen MR) is 388 cm³/mol. The second kappa shape index (κ2) is 32.7. The fraction of sp³-hybridized carbons (Fsp3) is 0.324. The van der Waals surface area contributed by atoms with E-state index in [-0.39, 0.29) is 50.5 Å². The van der Waals surface area contributed by atoms with Crippen LogP contribution in [-0.4, -0.2) is 160 Å². The van der Waals surface area contributed by atoms with E-state index < -0.39 is 46.9 Å². The van der Waals surface area contributed by atoms with Crippen molar-refractivity contribution < 1.29 is 36.7 Å². The number of anilines is 7. The molecule has 0 saturated carbocycles. The van der Waals surface area contributed by atoms with Gasteiger partial charge in [0.1, 0.15) is 45.4 Å². The molecule has 15 rings (SSSR count). The Labute approximate surface area is 604 Å². The number of amides is 4. The fourth-order valence-electron chi connectivity index (χ4n) is 12.3. The van der Waals surface area contributed by atoms with Crippen LogP contribution in [-0.2, 0) is 0 Å². The number of aromatic nitrogens is 16. The summed E-state index contributed by atoms with van der Waals surface area (Å²) in [4.78, 5) is 106. The molecule has 15 heterocycles. The Kier molecular flexibility index (Phi) is 22.8. The first-order valence-electron chi connectivity index (χ1n) is 34.1. The number of hydrogen-bond acceptors (Lipinski definition) is 21. The van der Waals surface area contributed by atoms with E-state index in [0.29, 0.717) is 69.8 Å². The summed E-state index contributed by atoms with van der Waals surface area (Å²) < 4.78 is 62.5. The standard InChI is InChI=1S/C21H26FN7O.C19H21FN6O.C18H20FN7O.C13H9ClFN5O/c1-3-5-23-8-15-4-6-28(12-15)19-10-24-18(9-25-19)21(30)27-16-7-17(22)20-26-14(2)11-29(20)13-16;1-3-13-4-5-25(10-13)17-8-21-16(7-22-17)19(27)24-14-6-15(20)18-23-12(2)9-26(18)11-14;1-11-8-26-10-13(4-14(19)17(26)23-11)24-18(27)15-6-22-16(7-21-15)25-3-2-12(5-20)9-25;1-7-5-20-6-8(2-9(15)12(20)18-7)19-13(21)10-3-17-11(14)4-16-10/h7,9-11,13,15,23H,3-6,8,12H2,1-2H3,(H,27,30);6-9,11,13H,3-5,10H2,1-2H3,(H,24,27);4,6-8,10,12H,2-3,5,9,20H2,1H3,(H,24,27);2-6H,1H3,(H,19,21)/t15-;13-;12-;/m010./s1. The zero-order chi connectivity index (χ0) is 74.0. The van der Waals surface area contributed by atoms with Crippen LogP contribution in [0.15, 0.2) is 123 Å². The molecule has 29 nitrogen and oxygen atoms in total. The number of nitrogens with two attached hydrogens (primary N) is 1. The highest BCUT2D eigenvalue weighted by atomic mass is 35.5. The van der Waals surface area contributed by atoms with Crippen molar-refractivity contribution >= 4 is 98.0 Å². The van der Waals surface area contributed by atoms with Crippen molar-refractivity contribution in [2.75, 3.05) is 94.9 Å². The molecule has 0 radical (unpaired) electrons. The molecule has 12 aromatic heterocycles. The van der Waals surface area contributed by atoms with Crippen molar-refractivity contribution in [3.05, 3.63) is 197 Å². The predicted octanol–water partition coefficient (Wildman–Crippen LogP) is 9.80. The smallest absolute Gasteiger partial charge is 0.275 e. The molecular formula is C71H76ClF4N25O4. The number of halogens is 5. The van der Waals surface area contributed by atoms with Crippen LogP contribution in [0.4, 0.5) is 57.8 Å². The van der Waals surface area contributed by atoms with Gasteiger partial charge in [-0.2, -0.15) is 0 Å². The molecular weight excluding hydrogens is 1380 g/mol. The molecule has 4 amide bonds. The van der Waals surface area contributed by atoms with E-state index >= 15 is 0 Å². The number of carbonyl (C=O) groups is 4. The minimum absolute atomic E-state index is 0.0849. The number of fused-ring (bicyclic) bond motifs is 4. The minimum atomic E-state index is -0.525. The van der Waals surface area contributed by atoms with Gasteiger partial charge in [-0.3, -0.25) is 19.2 Å². The van der Waals surface area contributed by atoms with Crippen molar-refractivity contribution in [1.82, 2.24) is 82.7 Å². The van der Waals surface area contributed by atoms with Gasteiger partial charge in [-0.15, -0.1) is 0 Å². The van der Waals surface area contributed by atoms with Gasteiger partial charge >= 0.3 is 0 Å². The SMILES string of the molecule is CCCNC[C@@H]1CCN(c2cnc(C(=O)Nc3cc(F)c4nc(C)cn4c3)cn2)C1.CC[C@@H]1CCN(c2cnc(C(=O)Nc3cc(F)c4nc(C)cn4c3)cn2)C1.Cc1cn2cc(NC(=O)c3cnc(Cl)cn3)cc(F)c2n1.Cc1cn2cc(NC(=O)c3cnc(N4CC[C@@H](CN)C4)cn3)cc(F)c2n1. The minimum Gasteiger partial charge on any atom is -0.355 e. The lowest BCUT2D eigenvalue weighted by Gasteiger charge is -2.17. The van der Waals surface area contributed by atoms with Crippen molar-refractivity contribution in [3.63, 3.8) is 0 Å². The highest BCUT2D eigenvalue weighted by Gasteiger charge is 2.27. The van der Waals surface area contributed by atoms with Crippen LogP contribution in [0.3, 0.4) is 0 Å². The third kappa shape index (κ3) is 18.0. The maximum absolute atomic E-state index is 14.2. The molecule has 544 valence electrons. The van der Waals surface area contributed by atoms with Gasteiger partial charge in [-0.25, -0.2) is 77.4 Å². The Morgan fingerprint density at radius 3 is 1.04 bits per heavy atom. The Hall–Kier alpha value is -11.7. The number of nitrogens with zero attached hydrogens (tertiary/aromatic N) is 19. The molecule has 3 fully saturated rings. The Morgan fingerprint density at radius 2 is 0.752 bits per heavy atom. The molecule has 3 saturated heterocycles. The summed E-state index contributed by atoms with van der Waals surface area (Å²) in [5.41, 5.74) is 11.2. The van der Waals surface area contributed by atoms with Crippen LogP contribution >= 0.6 is 11.6 Å². The zero-order valence-electron chi connectivity index (χ0n) is 58.3. The maximum Gasteiger partial charge on any atom is 0.275 e. The number of hydrogen-bond donors (Lipinski definition) is 6. The highest BCUT2D eigenvalue weighted by Crippen LogP contribution is 2.27. The molecule has 12 aromatic rings. The van der Waals surface area contributed by atoms with E-state index in [9.17, 15) is 36.7 Å². The first-order chi connectivity index (χ1) is 50.6. The number of carbonyl (C=O) groups excluding carboxylic acids is 4. The van der Waals surface area contributed by atoms with Gasteiger partial charge in [-0.05, 0) is 90.8 Å². The number of rotatable bonds is 17. The lowest BCUT2D eigenvalue weighted by atomic mass is 10.1. The van der Waals surface area contributed by atoms with Crippen LogP contribution < -0.4 is 47.0 Å². The first kappa shape index (κ1) is 73.1. The lowest BCUT2D eigenvalue weighted by Crippen LogP contribution is -2.27. The van der Waals surface area contributed by atoms with Crippen LogP contribution in [0.25, 0.3) is 22.6 Å². The zero-order valence-corrected chi connectivity index (χ0v) is 59.0. The van der Waals surface area contributed by atoms with Gasteiger partial charge in [0, 0.05) is 113 Å². The lowest BCUT2D eigenvalue weighted by molar-refractivity contribution is 0.101. The molecule has 3 aliphatic rings. The van der Waals surface area contributed by atoms with Crippen LogP contribution in [0.1, 0.15) is 111 Å². The summed E-state index contributed by atoms with van der Waals surface area (Å²) in [5.74, 6) is 0.162. The summed E-state index contributed by atoms with van der Waals surface area (Å²) in [6, 6.07) is 4.93. The third-order valence-electron chi connectivity index (χ3n) is 17.6. The van der Waals surface area contributed by atoms with Gasteiger partial charge in [-0.1, -0.05) is 31.9 Å². The number of imidazole rings is 4. The average Bonchev–Trinajstić information content (AvgIpc) is 1.70. The van der Waals surface area contributed by atoms with Crippen molar-refractivity contribution in [2.24, 2.45) is 23.5 Å². The second-order valence-corrected chi connectivity index (χ2v) is 26.1. The van der Waals surface area contributed by atoms with Crippen molar-refractivity contribution in [2.45, 2.75) is 73.6 Å². The summed E-state index contributed by atoms with van der Waals surface area (Å²) >= 11 is 5.60. The van der Waals surface area contributed by atoms with E-state index in [1.807, 2.05) is 0 Å². The second-order valence-electron chi connectivity index (χ2n) is 25.7. The molecule has 7 N–H and O–H groups in total. The highest BCUT2D eigenvalue weighted by molar-refractivity contribution is 6.29. The van der Waals surface area contributed by atoms with E-state index in [1.54, 1.807) is 105 Å². The molecule has 0 aliphatic carbocycles. The average molecular weight is 1460 g/mol. The van der Waals surface area contributed by atoms with Crippen molar-refractivity contribution in [3.8, 4) is 0 Å². The van der Waals surface area contributed by atoms with Gasteiger partial charge in [0.15, 0.2) is 45.9 Å². The molecule has 0 aromatic carbocycles. The van der Waals surface area contributed by atoms with Crippen molar-refractivity contribution in [1.29, 1.82) is 0 Å². The third-order valence-corrected chi connectivity index (χ3v) is 17.8. The monoisotopic (exact) mass is 1450 g/mol.